The quantitative estimate of drug-likeness (QED) is 0.276. The second-order valence-corrected chi connectivity index (χ2v) is 0.590. The molecule has 0 saturated carbocycles. The highest BCUT2D eigenvalue weighted by molar-refractivity contribution is 4.83. The average Bonchev–Trinajstić information content (AvgIpc) is 1.61. The van der Waals surface area contributed by atoms with E-state index >= 15 is 0 Å². The van der Waals surface area contributed by atoms with Crippen LogP contribution in [0.5, 0.6) is 0 Å². The van der Waals surface area contributed by atoms with Gasteiger partial charge in [-0.3, -0.25) is 0 Å². The van der Waals surface area contributed by atoms with E-state index in [1.165, 1.54) is 12.6 Å². The molecule has 0 heterocycles. The summed E-state index contributed by atoms with van der Waals surface area (Å²) in [7, 11) is 0. The van der Waals surface area contributed by atoms with Crippen molar-refractivity contribution in [3.8, 4) is 0 Å². The molecule has 0 amide bonds. The van der Waals surface area contributed by atoms with Crippen LogP contribution in [-0.2, 0) is 0 Å². The molecule has 3 heteroatoms. The molecular formula is C3H4N3. The molecule has 0 aliphatic rings. The molecule has 6 heavy (non-hydrogen) atoms. The summed E-state index contributed by atoms with van der Waals surface area (Å²) in [4.78, 5) is 2.42. The fourth-order valence-electron chi connectivity index (χ4n) is 0.0770. The lowest BCUT2D eigenvalue weighted by Crippen LogP contribution is -1.46. The van der Waals surface area contributed by atoms with Crippen molar-refractivity contribution in [3.63, 3.8) is 0 Å². The van der Waals surface area contributed by atoms with Crippen molar-refractivity contribution in [1.29, 1.82) is 0 Å². The first-order valence-corrected chi connectivity index (χ1v) is 1.40. The lowest BCUT2D eigenvalue weighted by atomic mass is 10.7. The van der Waals surface area contributed by atoms with Crippen LogP contribution in [0.1, 0.15) is 0 Å². The number of nitrogens with zero attached hydrogens (tertiary/aromatic N) is 3. The van der Waals surface area contributed by atoms with E-state index in [9.17, 15) is 0 Å². The van der Waals surface area contributed by atoms with Crippen LogP contribution in [0.4, 0.5) is 0 Å². The standard InChI is InChI=1S/C3H4N3/c1-2-3-5-6-4/h2-3H,1H2. The first kappa shape index (κ1) is 5.05. The SMILES string of the molecule is C=C[CH]N=[N+]=[N-]. The monoisotopic (exact) mass is 82.0 g/mol. The zero-order valence-corrected chi connectivity index (χ0v) is 3.20. The third kappa shape index (κ3) is 3.05. The summed E-state index contributed by atoms with van der Waals surface area (Å²) in [5.41, 5.74) is 7.58. The van der Waals surface area contributed by atoms with Crippen molar-refractivity contribution in [2.45, 2.75) is 0 Å². The van der Waals surface area contributed by atoms with Gasteiger partial charge in [0, 0.05) is 4.91 Å². The van der Waals surface area contributed by atoms with E-state index < -0.39 is 0 Å². The van der Waals surface area contributed by atoms with Gasteiger partial charge >= 0.3 is 0 Å². The van der Waals surface area contributed by atoms with E-state index in [0.717, 1.165) is 0 Å². The summed E-state index contributed by atoms with van der Waals surface area (Å²) in [6, 6.07) is 0. The van der Waals surface area contributed by atoms with Crippen LogP contribution in [0, 0.1) is 6.54 Å². The molecule has 1 radical (unpaired) electrons. The maximum Gasteiger partial charge on any atom is 0.0671 e. The molecular weight excluding hydrogens is 78.1 g/mol. The first-order valence-electron chi connectivity index (χ1n) is 1.40. The molecule has 31 valence electrons. The Morgan fingerprint density at radius 3 is 2.67 bits per heavy atom. The predicted molar refractivity (Wildman–Crippen MR) is 23.6 cm³/mol. The van der Waals surface area contributed by atoms with Crippen LogP contribution in [0.15, 0.2) is 17.8 Å². The number of rotatable bonds is 2. The third-order valence-corrected chi connectivity index (χ3v) is 0.224. The van der Waals surface area contributed by atoms with Crippen LogP contribution in [0.2, 0.25) is 0 Å². The average molecular weight is 82.1 g/mol. The fourth-order valence-corrected chi connectivity index (χ4v) is 0.0770. The van der Waals surface area contributed by atoms with Gasteiger partial charge < -0.3 is 0 Å². The van der Waals surface area contributed by atoms with Crippen molar-refractivity contribution in [3.05, 3.63) is 29.6 Å². The van der Waals surface area contributed by atoms with Crippen molar-refractivity contribution in [2.75, 3.05) is 0 Å². The molecule has 0 saturated heterocycles. The van der Waals surface area contributed by atoms with Crippen LogP contribution in [0.3, 0.4) is 0 Å². The van der Waals surface area contributed by atoms with E-state index in [4.69, 9.17) is 5.53 Å². The summed E-state index contributed by atoms with van der Waals surface area (Å²) >= 11 is 0. The zero-order valence-electron chi connectivity index (χ0n) is 3.20. The molecule has 0 aromatic rings. The molecule has 3 nitrogen and oxygen atoms in total. The largest absolute Gasteiger partial charge is 0.103 e. The Hall–Kier alpha value is -0.950. The molecule has 0 aliphatic carbocycles. The minimum Gasteiger partial charge on any atom is -0.103 e. The van der Waals surface area contributed by atoms with Crippen molar-refractivity contribution in [1.82, 2.24) is 0 Å². The first-order chi connectivity index (χ1) is 2.91. The minimum absolute atomic E-state index is 1.28. The molecule has 0 aliphatic heterocycles. The van der Waals surface area contributed by atoms with E-state index in [1.54, 1.807) is 0 Å². The Labute approximate surface area is 35.9 Å². The van der Waals surface area contributed by atoms with Crippen LogP contribution in [0.25, 0.3) is 10.4 Å². The topological polar surface area (TPSA) is 48.8 Å². The Morgan fingerprint density at radius 2 is 2.50 bits per heavy atom. The minimum atomic E-state index is 1.28. The Kier molecular flexibility index (Phi) is 3.41. The second-order valence-electron chi connectivity index (χ2n) is 0.590. The molecule has 0 spiro atoms. The molecule has 0 aromatic heterocycles. The smallest absolute Gasteiger partial charge is 0.0671 e. The van der Waals surface area contributed by atoms with Crippen LogP contribution >= 0.6 is 0 Å². The van der Waals surface area contributed by atoms with Gasteiger partial charge in [-0.15, -0.1) is 6.58 Å². The van der Waals surface area contributed by atoms with Crippen molar-refractivity contribution < 1.29 is 0 Å². The Bertz CT molecular complexity index is 80.0. The summed E-state index contributed by atoms with van der Waals surface area (Å²) in [5, 5.41) is 3.03. The van der Waals surface area contributed by atoms with Crippen LogP contribution in [-0.4, -0.2) is 0 Å². The highest BCUT2D eigenvalue weighted by atomic mass is 15.1. The van der Waals surface area contributed by atoms with Crippen LogP contribution < -0.4 is 0 Å². The number of hydrogen-bond acceptors (Lipinski definition) is 1. The number of hydrogen-bond donors (Lipinski definition) is 0. The second kappa shape index (κ2) is 4.05. The summed E-state index contributed by atoms with van der Waals surface area (Å²) in [5.74, 6) is 0. The molecule has 0 unspecified atom stereocenters. The lowest BCUT2D eigenvalue weighted by molar-refractivity contribution is 1.39. The summed E-state index contributed by atoms with van der Waals surface area (Å²) < 4.78 is 0. The van der Waals surface area contributed by atoms with E-state index in [0.29, 0.717) is 0 Å². The van der Waals surface area contributed by atoms with Gasteiger partial charge in [-0.25, -0.2) is 0 Å². The van der Waals surface area contributed by atoms with E-state index in [-0.39, 0.29) is 0 Å². The zero-order chi connectivity index (χ0) is 4.83. The molecule has 0 aromatic carbocycles. The van der Waals surface area contributed by atoms with Gasteiger partial charge in [-0.05, 0) is 5.53 Å². The van der Waals surface area contributed by atoms with E-state index in [2.05, 4.69) is 16.6 Å². The van der Waals surface area contributed by atoms with Gasteiger partial charge in [0.05, 0.1) is 6.54 Å². The number of azide groups is 1. The molecule has 0 N–H and O–H groups in total. The molecule has 0 atom stereocenters. The van der Waals surface area contributed by atoms with Gasteiger partial charge in [-0.1, -0.05) is 11.2 Å². The van der Waals surface area contributed by atoms with E-state index in [1.807, 2.05) is 0 Å². The highest BCUT2D eigenvalue weighted by Crippen LogP contribution is 1.75. The summed E-state index contributed by atoms with van der Waals surface area (Å²) in [6.07, 6.45) is 1.42. The maximum atomic E-state index is 7.58. The van der Waals surface area contributed by atoms with Gasteiger partial charge in [0.2, 0.25) is 0 Å². The molecule has 0 bridgehead atoms. The third-order valence-electron chi connectivity index (χ3n) is 0.224. The normalized spacial score (nSPS) is 6.00. The highest BCUT2D eigenvalue weighted by Gasteiger charge is 1.58. The Balaban J connectivity index is 3.07. The molecule has 0 rings (SSSR count). The van der Waals surface area contributed by atoms with Crippen molar-refractivity contribution in [2.24, 2.45) is 5.11 Å². The van der Waals surface area contributed by atoms with Gasteiger partial charge in [0.25, 0.3) is 0 Å². The fraction of sp³-hybridized carbons (Fsp3) is 0. The predicted octanol–water partition coefficient (Wildman–Crippen LogP) is 1.64. The Morgan fingerprint density at radius 1 is 1.83 bits per heavy atom. The van der Waals surface area contributed by atoms with Gasteiger partial charge in [-0.2, -0.15) is 0 Å². The van der Waals surface area contributed by atoms with Crippen molar-refractivity contribution >= 4 is 0 Å². The van der Waals surface area contributed by atoms with Gasteiger partial charge in [0.15, 0.2) is 0 Å². The molecule has 0 fully saturated rings. The lowest BCUT2D eigenvalue weighted by Gasteiger charge is -1.62. The van der Waals surface area contributed by atoms with Gasteiger partial charge in [0.1, 0.15) is 0 Å². The maximum absolute atomic E-state index is 7.58. The summed E-state index contributed by atoms with van der Waals surface area (Å²) in [6.45, 7) is 4.56.